The van der Waals surface area contributed by atoms with Gasteiger partial charge in [0.05, 0.1) is 9.79 Å². The number of nitrogens with two attached hydrogens (primary N) is 1. The van der Waals surface area contributed by atoms with Crippen LogP contribution in [0, 0.1) is 0 Å². The van der Waals surface area contributed by atoms with Crippen LogP contribution in [0.2, 0.25) is 0 Å². The van der Waals surface area contributed by atoms with Crippen molar-refractivity contribution in [3.05, 3.63) is 22.7 Å². The Morgan fingerprint density at radius 1 is 1.30 bits per heavy atom. The Balaban J connectivity index is 2.43. The molecule has 0 aliphatic carbocycles. The number of hydrogen-bond donors (Lipinski definition) is 1. The molecular weight excluding hydrogens is 368 g/mol. The first-order valence-electron chi connectivity index (χ1n) is 5.88. The zero-order valence-corrected chi connectivity index (χ0v) is 14.0. The first-order valence-corrected chi connectivity index (χ1v) is 10.00. The van der Waals surface area contributed by atoms with Crippen molar-refractivity contribution in [3.8, 4) is 0 Å². The van der Waals surface area contributed by atoms with Gasteiger partial charge in [0.1, 0.15) is 0 Å². The summed E-state index contributed by atoms with van der Waals surface area (Å²) in [4.78, 5) is 0.125. The smallest absolute Gasteiger partial charge is 0.244 e. The van der Waals surface area contributed by atoms with E-state index < -0.39 is 19.9 Å². The van der Waals surface area contributed by atoms with E-state index in [0.717, 1.165) is 6.26 Å². The van der Waals surface area contributed by atoms with Crippen LogP contribution >= 0.6 is 15.9 Å². The molecule has 9 heteroatoms. The number of rotatable bonds is 3. The number of hydrogen-bond acceptors (Lipinski definition) is 5. The third kappa shape index (κ3) is 3.06. The molecule has 0 amide bonds. The Kier molecular flexibility index (Phi) is 4.27. The monoisotopic (exact) mass is 382 g/mol. The summed E-state index contributed by atoms with van der Waals surface area (Å²) in [5, 5.41) is 0. The molecule has 0 radical (unpaired) electrons. The van der Waals surface area contributed by atoms with Gasteiger partial charge in [-0.15, -0.1) is 0 Å². The molecule has 6 nitrogen and oxygen atoms in total. The minimum absolute atomic E-state index is 0.0546. The molecule has 112 valence electrons. The maximum absolute atomic E-state index is 12.5. The molecule has 0 aromatic heterocycles. The van der Waals surface area contributed by atoms with Crippen LogP contribution in [0.25, 0.3) is 0 Å². The fourth-order valence-electron chi connectivity index (χ4n) is 2.03. The standard InChI is InChI=1S/C11H15BrN2O4S2/c1-19(15,16)9-2-3-11(10(12)6-9)20(17,18)14-5-4-8(13)7-14/h2-3,6,8H,4-5,7,13H2,1H3. The van der Waals surface area contributed by atoms with E-state index in [-0.39, 0.29) is 26.9 Å². The third-order valence-electron chi connectivity index (χ3n) is 3.14. The van der Waals surface area contributed by atoms with E-state index in [0.29, 0.717) is 13.0 Å². The Hall–Kier alpha value is -0.480. The highest BCUT2D eigenvalue weighted by molar-refractivity contribution is 9.10. The van der Waals surface area contributed by atoms with Gasteiger partial charge in [0.15, 0.2) is 9.84 Å². The van der Waals surface area contributed by atoms with E-state index in [1.54, 1.807) is 0 Å². The first kappa shape index (κ1) is 15.9. The minimum Gasteiger partial charge on any atom is -0.326 e. The van der Waals surface area contributed by atoms with E-state index in [1.807, 2.05) is 0 Å². The molecule has 0 bridgehead atoms. The van der Waals surface area contributed by atoms with Gasteiger partial charge in [-0.25, -0.2) is 16.8 Å². The summed E-state index contributed by atoms with van der Waals surface area (Å²) >= 11 is 3.14. The van der Waals surface area contributed by atoms with E-state index in [9.17, 15) is 16.8 Å². The Labute approximate surface area is 127 Å². The molecule has 2 N–H and O–H groups in total. The molecule has 1 heterocycles. The van der Waals surface area contributed by atoms with Crippen molar-refractivity contribution in [2.75, 3.05) is 19.3 Å². The second-order valence-corrected chi connectivity index (χ2v) is 9.55. The van der Waals surface area contributed by atoms with Crippen molar-refractivity contribution in [1.29, 1.82) is 0 Å². The van der Waals surface area contributed by atoms with Crippen LogP contribution in [-0.2, 0) is 19.9 Å². The molecule has 1 aliphatic rings. The zero-order chi connectivity index (χ0) is 15.1. The van der Waals surface area contributed by atoms with Crippen LogP contribution in [0.1, 0.15) is 6.42 Å². The Morgan fingerprint density at radius 2 is 1.95 bits per heavy atom. The van der Waals surface area contributed by atoms with E-state index in [2.05, 4.69) is 15.9 Å². The van der Waals surface area contributed by atoms with Crippen molar-refractivity contribution in [3.63, 3.8) is 0 Å². The van der Waals surface area contributed by atoms with Gasteiger partial charge >= 0.3 is 0 Å². The van der Waals surface area contributed by atoms with Gasteiger partial charge < -0.3 is 5.73 Å². The maximum atomic E-state index is 12.5. The SMILES string of the molecule is CS(=O)(=O)c1ccc(S(=O)(=O)N2CCC(N)C2)c(Br)c1. The molecule has 1 aliphatic heterocycles. The number of halogens is 1. The molecule has 1 fully saturated rings. The van der Waals surface area contributed by atoms with E-state index in [1.165, 1.54) is 22.5 Å². The van der Waals surface area contributed by atoms with Gasteiger partial charge in [0.2, 0.25) is 10.0 Å². The normalized spacial score (nSPS) is 21.2. The lowest BCUT2D eigenvalue weighted by Gasteiger charge is -2.17. The molecule has 20 heavy (non-hydrogen) atoms. The van der Waals surface area contributed by atoms with Crippen molar-refractivity contribution in [2.45, 2.75) is 22.3 Å². The molecule has 1 unspecified atom stereocenters. The minimum atomic E-state index is -3.65. The third-order valence-corrected chi connectivity index (χ3v) is 7.09. The molecule has 2 rings (SSSR count). The number of sulfonamides is 1. The fraction of sp³-hybridized carbons (Fsp3) is 0.455. The van der Waals surface area contributed by atoms with Crippen LogP contribution < -0.4 is 5.73 Å². The highest BCUT2D eigenvalue weighted by Crippen LogP contribution is 2.29. The fourth-order valence-corrected chi connectivity index (χ4v) is 5.38. The topological polar surface area (TPSA) is 97.5 Å². The zero-order valence-electron chi connectivity index (χ0n) is 10.8. The Bertz CT molecular complexity index is 731. The molecule has 0 spiro atoms. The van der Waals surface area contributed by atoms with E-state index in [4.69, 9.17) is 5.73 Å². The van der Waals surface area contributed by atoms with Gasteiger partial charge in [0.25, 0.3) is 0 Å². The predicted molar refractivity (Wildman–Crippen MR) is 78.6 cm³/mol. The summed E-state index contributed by atoms with van der Waals surface area (Å²) in [7, 11) is -7.03. The van der Waals surface area contributed by atoms with Crippen LogP contribution in [0.4, 0.5) is 0 Å². The first-order chi connectivity index (χ1) is 9.12. The molecule has 1 aromatic rings. The van der Waals surface area contributed by atoms with Gasteiger partial charge in [0, 0.05) is 29.9 Å². The lowest BCUT2D eigenvalue weighted by molar-refractivity contribution is 0.472. The number of sulfone groups is 1. The number of nitrogens with zero attached hydrogens (tertiary/aromatic N) is 1. The largest absolute Gasteiger partial charge is 0.326 e. The quantitative estimate of drug-likeness (QED) is 0.823. The molecular formula is C11H15BrN2O4S2. The maximum Gasteiger partial charge on any atom is 0.244 e. The summed E-state index contributed by atoms with van der Waals surface area (Å²) in [6.07, 6.45) is 1.70. The second-order valence-electron chi connectivity index (χ2n) is 4.78. The van der Waals surface area contributed by atoms with Gasteiger partial charge in [-0.05, 0) is 40.5 Å². The van der Waals surface area contributed by atoms with Gasteiger partial charge in [-0.3, -0.25) is 0 Å². The van der Waals surface area contributed by atoms with Crippen molar-refractivity contribution in [1.82, 2.24) is 4.31 Å². The molecule has 1 aromatic carbocycles. The molecule has 1 saturated heterocycles. The van der Waals surface area contributed by atoms with Crippen molar-refractivity contribution in [2.24, 2.45) is 5.73 Å². The van der Waals surface area contributed by atoms with Crippen molar-refractivity contribution < 1.29 is 16.8 Å². The summed E-state index contributed by atoms with van der Waals surface area (Å²) in [5.74, 6) is 0. The summed E-state index contributed by atoms with van der Waals surface area (Å²) in [6, 6.07) is 3.75. The second kappa shape index (κ2) is 5.38. The van der Waals surface area contributed by atoms with Crippen LogP contribution in [-0.4, -0.2) is 46.5 Å². The predicted octanol–water partition coefficient (Wildman–Crippen LogP) is 0.574. The average molecular weight is 383 g/mol. The summed E-state index contributed by atoms with van der Waals surface area (Å²) < 4.78 is 49.4. The van der Waals surface area contributed by atoms with Crippen molar-refractivity contribution >= 4 is 35.8 Å². The lowest BCUT2D eigenvalue weighted by atomic mass is 10.3. The average Bonchev–Trinajstić information content (AvgIpc) is 2.75. The highest BCUT2D eigenvalue weighted by atomic mass is 79.9. The molecule has 1 atom stereocenters. The van der Waals surface area contributed by atoms with Crippen LogP contribution in [0.15, 0.2) is 32.5 Å². The van der Waals surface area contributed by atoms with Crippen LogP contribution in [0.5, 0.6) is 0 Å². The highest BCUT2D eigenvalue weighted by Gasteiger charge is 2.32. The lowest BCUT2D eigenvalue weighted by Crippen LogP contribution is -2.32. The van der Waals surface area contributed by atoms with E-state index >= 15 is 0 Å². The number of benzene rings is 1. The molecule has 0 saturated carbocycles. The van der Waals surface area contributed by atoms with Gasteiger partial charge in [-0.1, -0.05) is 0 Å². The van der Waals surface area contributed by atoms with Gasteiger partial charge in [-0.2, -0.15) is 4.31 Å². The Morgan fingerprint density at radius 3 is 2.40 bits per heavy atom. The summed E-state index contributed by atoms with van der Waals surface area (Å²) in [5.41, 5.74) is 5.72. The summed E-state index contributed by atoms with van der Waals surface area (Å²) in [6.45, 7) is 0.659. The van der Waals surface area contributed by atoms with Crippen LogP contribution in [0.3, 0.4) is 0 Å².